The Morgan fingerprint density at radius 1 is 1.03 bits per heavy atom. The molecule has 0 atom stereocenters. The summed E-state index contributed by atoms with van der Waals surface area (Å²) in [6.07, 6.45) is 0. The van der Waals surface area contributed by atoms with E-state index in [1.165, 1.54) is 25.3 Å². The maximum absolute atomic E-state index is 13.6. The van der Waals surface area contributed by atoms with E-state index in [4.69, 9.17) is 14.6 Å². The standard InChI is InChI=1S/C23H18FN3O3S/c1-29-21-12-15(24)9-10-20(21)30-23-18(11-14-5-2-3-8-19(14)27-23)22(28)26-16-6-4-7-17(13-16)31-25/h2-13H,25H2,1H3,(H,26,28). The van der Waals surface area contributed by atoms with Crippen molar-refractivity contribution in [3.05, 3.63) is 84.2 Å². The van der Waals surface area contributed by atoms with Gasteiger partial charge in [0.25, 0.3) is 5.91 Å². The molecule has 0 saturated carbocycles. The summed E-state index contributed by atoms with van der Waals surface area (Å²) in [6, 6.07) is 20.1. The highest BCUT2D eigenvalue weighted by Gasteiger charge is 2.19. The molecule has 0 unspecified atom stereocenters. The van der Waals surface area contributed by atoms with Crippen molar-refractivity contribution in [1.82, 2.24) is 4.98 Å². The van der Waals surface area contributed by atoms with Crippen molar-refractivity contribution in [1.29, 1.82) is 0 Å². The molecule has 0 saturated heterocycles. The van der Waals surface area contributed by atoms with Gasteiger partial charge in [-0.2, -0.15) is 0 Å². The summed E-state index contributed by atoms with van der Waals surface area (Å²) in [5, 5.41) is 9.22. The zero-order valence-electron chi connectivity index (χ0n) is 16.5. The van der Waals surface area contributed by atoms with Crippen LogP contribution in [0.15, 0.2) is 77.7 Å². The Bertz CT molecular complexity index is 1270. The largest absolute Gasteiger partial charge is 0.493 e. The maximum atomic E-state index is 13.6. The van der Waals surface area contributed by atoms with Crippen LogP contribution in [-0.4, -0.2) is 18.0 Å². The molecule has 1 aromatic heterocycles. The fraction of sp³-hybridized carbons (Fsp3) is 0.0435. The van der Waals surface area contributed by atoms with Crippen LogP contribution in [0.5, 0.6) is 17.4 Å². The number of halogens is 1. The second-order valence-electron chi connectivity index (χ2n) is 6.53. The number of nitrogens with two attached hydrogens (primary N) is 1. The van der Waals surface area contributed by atoms with Crippen LogP contribution in [0.4, 0.5) is 10.1 Å². The Morgan fingerprint density at radius 3 is 2.68 bits per heavy atom. The molecule has 3 N–H and O–H groups in total. The third kappa shape index (κ3) is 4.60. The first-order valence-corrected chi connectivity index (χ1v) is 10.1. The highest BCUT2D eigenvalue weighted by atomic mass is 32.2. The van der Waals surface area contributed by atoms with E-state index in [0.717, 1.165) is 22.2 Å². The van der Waals surface area contributed by atoms with E-state index in [9.17, 15) is 9.18 Å². The average molecular weight is 435 g/mol. The van der Waals surface area contributed by atoms with Crippen LogP contribution in [0.1, 0.15) is 10.4 Å². The summed E-state index contributed by atoms with van der Waals surface area (Å²) in [5.74, 6) is -0.374. The molecular weight excluding hydrogens is 417 g/mol. The maximum Gasteiger partial charge on any atom is 0.261 e. The number of hydrogen-bond acceptors (Lipinski definition) is 6. The fourth-order valence-electron chi connectivity index (χ4n) is 3.01. The zero-order chi connectivity index (χ0) is 21.8. The molecule has 6 nitrogen and oxygen atoms in total. The molecule has 31 heavy (non-hydrogen) atoms. The molecule has 0 bridgehead atoms. The molecule has 4 aromatic rings. The van der Waals surface area contributed by atoms with Gasteiger partial charge in [0, 0.05) is 22.0 Å². The number of pyridine rings is 1. The number of methoxy groups -OCH3 is 1. The first-order valence-electron chi connectivity index (χ1n) is 9.26. The van der Waals surface area contributed by atoms with Crippen molar-refractivity contribution >= 4 is 34.4 Å². The summed E-state index contributed by atoms with van der Waals surface area (Å²) in [6.45, 7) is 0. The SMILES string of the molecule is COc1cc(F)ccc1Oc1nc2ccccc2cc1C(=O)Nc1cccc(SN)c1. The number of benzene rings is 3. The first-order chi connectivity index (χ1) is 15.1. The number of amides is 1. The molecule has 4 rings (SSSR count). The highest BCUT2D eigenvalue weighted by molar-refractivity contribution is 7.97. The van der Waals surface area contributed by atoms with E-state index in [0.29, 0.717) is 11.2 Å². The molecule has 0 spiro atoms. The summed E-state index contributed by atoms with van der Waals surface area (Å²) >= 11 is 1.09. The van der Waals surface area contributed by atoms with E-state index >= 15 is 0 Å². The van der Waals surface area contributed by atoms with E-state index in [1.54, 1.807) is 24.3 Å². The summed E-state index contributed by atoms with van der Waals surface area (Å²) < 4.78 is 24.7. The quantitative estimate of drug-likeness (QED) is 0.395. The van der Waals surface area contributed by atoms with Gasteiger partial charge in [-0.15, -0.1) is 0 Å². The highest BCUT2D eigenvalue weighted by Crippen LogP contribution is 2.34. The molecule has 1 heterocycles. The first kappa shape index (κ1) is 20.6. The van der Waals surface area contributed by atoms with E-state index in [1.807, 2.05) is 30.3 Å². The topological polar surface area (TPSA) is 86.5 Å². The van der Waals surface area contributed by atoms with Crippen LogP contribution >= 0.6 is 11.9 Å². The smallest absolute Gasteiger partial charge is 0.261 e. The average Bonchev–Trinajstić information content (AvgIpc) is 2.79. The molecule has 0 radical (unpaired) electrons. The predicted octanol–water partition coefficient (Wildman–Crippen LogP) is 5.39. The van der Waals surface area contributed by atoms with Gasteiger partial charge in [-0.1, -0.05) is 24.3 Å². The van der Waals surface area contributed by atoms with Gasteiger partial charge in [0.1, 0.15) is 11.4 Å². The lowest BCUT2D eigenvalue weighted by Crippen LogP contribution is -2.14. The summed E-state index contributed by atoms with van der Waals surface area (Å²) in [7, 11) is 1.41. The Hall–Kier alpha value is -3.62. The molecule has 0 fully saturated rings. The number of hydrogen-bond donors (Lipinski definition) is 2. The number of carbonyl (C=O) groups is 1. The van der Waals surface area contributed by atoms with Gasteiger partial charge in [0.05, 0.1) is 12.6 Å². The Morgan fingerprint density at radius 2 is 1.87 bits per heavy atom. The van der Waals surface area contributed by atoms with Crippen molar-refractivity contribution in [2.45, 2.75) is 4.90 Å². The van der Waals surface area contributed by atoms with Crippen LogP contribution in [-0.2, 0) is 0 Å². The van der Waals surface area contributed by atoms with Gasteiger partial charge >= 0.3 is 0 Å². The summed E-state index contributed by atoms with van der Waals surface area (Å²) in [5.41, 5.74) is 1.45. The Labute approximate surface area is 182 Å². The van der Waals surface area contributed by atoms with E-state index in [2.05, 4.69) is 10.3 Å². The number of rotatable bonds is 6. The minimum Gasteiger partial charge on any atom is -0.493 e. The third-order valence-electron chi connectivity index (χ3n) is 4.49. The predicted molar refractivity (Wildman–Crippen MR) is 119 cm³/mol. The van der Waals surface area contributed by atoms with Gasteiger partial charge in [0.2, 0.25) is 5.88 Å². The monoisotopic (exact) mass is 435 g/mol. The number of aromatic nitrogens is 1. The van der Waals surface area contributed by atoms with E-state index < -0.39 is 11.7 Å². The zero-order valence-corrected chi connectivity index (χ0v) is 17.3. The fourth-order valence-corrected chi connectivity index (χ4v) is 3.37. The number of fused-ring (bicyclic) bond motifs is 1. The number of anilines is 1. The molecule has 0 aliphatic rings. The van der Waals surface area contributed by atoms with Gasteiger partial charge in [0.15, 0.2) is 11.5 Å². The van der Waals surface area contributed by atoms with Crippen LogP contribution < -0.4 is 19.9 Å². The molecular formula is C23H18FN3O3S. The second kappa shape index (κ2) is 9.03. The van der Waals surface area contributed by atoms with Crippen molar-refractivity contribution in [3.63, 3.8) is 0 Å². The van der Waals surface area contributed by atoms with Crippen molar-refractivity contribution in [3.8, 4) is 17.4 Å². The van der Waals surface area contributed by atoms with Crippen molar-refractivity contribution < 1.29 is 18.7 Å². The Kier molecular flexibility index (Phi) is 6.01. The number of carbonyl (C=O) groups excluding carboxylic acids is 1. The second-order valence-corrected chi connectivity index (χ2v) is 7.24. The van der Waals surface area contributed by atoms with E-state index in [-0.39, 0.29) is 22.9 Å². The minimum atomic E-state index is -0.466. The molecule has 3 aromatic carbocycles. The lowest BCUT2D eigenvalue weighted by atomic mass is 10.1. The van der Waals surface area contributed by atoms with Crippen molar-refractivity contribution in [2.24, 2.45) is 5.14 Å². The van der Waals surface area contributed by atoms with Crippen LogP contribution in [0, 0.1) is 5.82 Å². The minimum absolute atomic E-state index is 0.0745. The molecule has 8 heteroatoms. The van der Waals surface area contributed by atoms with Gasteiger partial charge < -0.3 is 14.8 Å². The summed E-state index contributed by atoms with van der Waals surface area (Å²) in [4.78, 5) is 18.4. The molecule has 1 amide bonds. The molecule has 0 aliphatic carbocycles. The number of nitrogens with one attached hydrogen (secondary N) is 1. The van der Waals surface area contributed by atoms with Gasteiger partial charge in [-0.25, -0.2) is 9.37 Å². The van der Waals surface area contributed by atoms with Crippen LogP contribution in [0.3, 0.4) is 0 Å². The number of ether oxygens (including phenoxy) is 2. The number of nitrogens with zero attached hydrogens (tertiary/aromatic N) is 1. The van der Waals surface area contributed by atoms with Gasteiger partial charge in [-0.05, 0) is 54.4 Å². The lowest BCUT2D eigenvalue weighted by molar-refractivity contribution is 0.102. The van der Waals surface area contributed by atoms with Crippen molar-refractivity contribution in [2.75, 3.05) is 12.4 Å². The molecule has 0 aliphatic heterocycles. The Balaban J connectivity index is 1.75. The lowest BCUT2D eigenvalue weighted by Gasteiger charge is -2.14. The normalized spacial score (nSPS) is 10.7. The molecule has 156 valence electrons. The third-order valence-corrected chi connectivity index (χ3v) is 5.02. The van der Waals surface area contributed by atoms with Gasteiger partial charge in [-0.3, -0.25) is 9.93 Å². The van der Waals surface area contributed by atoms with Crippen LogP contribution in [0.2, 0.25) is 0 Å². The van der Waals surface area contributed by atoms with Crippen LogP contribution in [0.25, 0.3) is 10.9 Å². The number of para-hydroxylation sites is 1.